The molecule has 166 valence electrons. The van der Waals surface area contributed by atoms with Gasteiger partial charge >= 0.3 is 5.69 Å². The summed E-state index contributed by atoms with van der Waals surface area (Å²) in [5.41, 5.74) is 0.683. The van der Waals surface area contributed by atoms with Gasteiger partial charge in [0, 0.05) is 31.7 Å². The monoisotopic (exact) mass is 444 g/mol. The first-order chi connectivity index (χ1) is 16.0. The predicted molar refractivity (Wildman–Crippen MR) is 125 cm³/mol. The molecule has 4 aromatic rings. The lowest BCUT2D eigenvalue weighted by Gasteiger charge is -2.36. The Bertz CT molecular complexity index is 1450. The van der Waals surface area contributed by atoms with Crippen LogP contribution >= 0.6 is 0 Å². The molecule has 1 amide bonds. The largest absolute Gasteiger partial charge is 0.366 e. The van der Waals surface area contributed by atoms with E-state index in [0.29, 0.717) is 54.0 Å². The Kier molecular flexibility index (Phi) is 5.26. The Morgan fingerprint density at radius 2 is 1.55 bits per heavy atom. The normalized spacial score (nSPS) is 14.0. The molecule has 0 bridgehead atoms. The number of hydrogen-bond donors (Lipinski definition) is 1. The van der Waals surface area contributed by atoms with Gasteiger partial charge in [-0.25, -0.2) is 13.8 Å². The molecule has 1 N–H and O–H groups in total. The lowest BCUT2D eigenvalue weighted by Crippen LogP contribution is -2.49. The first-order valence-corrected chi connectivity index (χ1v) is 10.7. The number of para-hydroxylation sites is 2. The molecule has 1 aliphatic rings. The Hall–Kier alpha value is -4.20. The highest BCUT2D eigenvalue weighted by Gasteiger charge is 2.24. The van der Waals surface area contributed by atoms with Crippen molar-refractivity contribution < 1.29 is 9.18 Å². The molecule has 1 saturated heterocycles. The van der Waals surface area contributed by atoms with Crippen molar-refractivity contribution in [3.8, 4) is 5.69 Å². The maximum atomic E-state index is 14.1. The number of rotatable bonds is 3. The number of carbonyl (C=O) groups is 1. The van der Waals surface area contributed by atoms with Crippen LogP contribution in [0.5, 0.6) is 0 Å². The molecule has 0 atom stereocenters. The summed E-state index contributed by atoms with van der Waals surface area (Å²) >= 11 is 0. The fourth-order valence-corrected chi connectivity index (χ4v) is 4.20. The van der Waals surface area contributed by atoms with Crippen LogP contribution in [0.3, 0.4) is 0 Å². The number of nitrogens with one attached hydrogen (secondary N) is 1. The van der Waals surface area contributed by atoms with Gasteiger partial charge in [-0.15, -0.1) is 0 Å². The highest BCUT2D eigenvalue weighted by atomic mass is 19.1. The lowest BCUT2D eigenvalue weighted by molar-refractivity contribution is 0.0747. The molecule has 1 aliphatic heterocycles. The zero-order chi connectivity index (χ0) is 22.9. The average Bonchev–Trinajstić information content (AvgIpc) is 2.84. The van der Waals surface area contributed by atoms with Gasteiger partial charge in [0.05, 0.1) is 22.3 Å². The number of aromatic nitrogens is 2. The third-order valence-electron chi connectivity index (χ3n) is 5.92. The fourth-order valence-electron chi connectivity index (χ4n) is 4.20. The Labute approximate surface area is 188 Å². The summed E-state index contributed by atoms with van der Waals surface area (Å²) in [6.07, 6.45) is 0. The summed E-state index contributed by atoms with van der Waals surface area (Å²) in [6, 6.07) is 20.0. The molecule has 7 nitrogen and oxygen atoms in total. The van der Waals surface area contributed by atoms with E-state index in [-0.39, 0.29) is 11.7 Å². The number of aromatic amines is 1. The summed E-state index contributed by atoms with van der Waals surface area (Å²) in [5.74, 6) is -0.477. The van der Waals surface area contributed by atoms with Crippen LogP contribution in [0.4, 0.5) is 10.1 Å². The van der Waals surface area contributed by atoms with Crippen molar-refractivity contribution in [1.29, 1.82) is 0 Å². The quantitative estimate of drug-likeness (QED) is 0.527. The number of halogens is 1. The Morgan fingerprint density at radius 1 is 0.848 bits per heavy atom. The zero-order valence-corrected chi connectivity index (χ0v) is 17.7. The van der Waals surface area contributed by atoms with Crippen LogP contribution < -0.4 is 16.1 Å². The minimum atomic E-state index is -0.568. The van der Waals surface area contributed by atoms with E-state index in [9.17, 15) is 18.8 Å². The Balaban J connectivity index is 1.39. The number of nitrogens with zero attached hydrogens (tertiary/aromatic N) is 3. The highest BCUT2D eigenvalue weighted by Crippen LogP contribution is 2.21. The van der Waals surface area contributed by atoms with Gasteiger partial charge in [-0.3, -0.25) is 9.59 Å². The lowest BCUT2D eigenvalue weighted by atomic mass is 10.1. The standard InChI is InChI=1S/C25H21FN4O3/c26-20-8-4-5-9-22(20)28-12-14-29(15-13-28)23(31)17-10-11-19-21(16-17)27-25(33)30(24(19)32)18-6-2-1-3-7-18/h1-11,16H,12-15H2,(H,27,33). The van der Waals surface area contributed by atoms with E-state index in [0.717, 1.165) is 4.57 Å². The van der Waals surface area contributed by atoms with Gasteiger partial charge in [0.1, 0.15) is 5.82 Å². The molecule has 5 rings (SSSR count). The minimum absolute atomic E-state index is 0.196. The van der Waals surface area contributed by atoms with Gasteiger partial charge in [-0.2, -0.15) is 0 Å². The molecule has 1 aromatic heterocycles. The molecule has 1 fully saturated rings. The van der Waals surface area contributed by atoms with E-state index in [4.69, 9.17) is 0 Å². The summed E-state index contributed by atoms with van der Waals surface area (Å²) in [4.78, 5) is 45.0. The van der Waals surface area contributed by atoms with Crippen molar-refractivity contribution in [1.82, 2.24) is 14.5 Å². The van der Waals surface area contributed by atoms with E-state index in [1.54, 1.807) is 71.6 Å². The molecular weight excluding hydrogens is 423 g/mol. The molecule has 0 saturated carbocycles. The van der Waals surface area contributed by atoms with Gasteiger partial charge in [0.15, 0.2) is 0 Å². The highest BCUT2D eigenvalue weighted by molar-refractivity contribution is 5.97. The average molecular weight is 444 g/mol. The van der Waals surface area contributed by atoms with Crippen LogP contribution in [0.2, 0.25) is 0 Å². The van der Waals surface area contributed by atoms with E-state index in [1.807, 2.05) is 4.90 Å². The SMILES string of the molecule is O=C(c1ccc2c(=O)n(-c3ccccc3)c(=O)[nH]c2c1)N1CCN(c2ccccc2F)CC1. The van der Waals surface area contributed by atoms with E-state index in [1.165, 1.54) is 6.07 Å². The number of fused-ring (bicyclic) bond motifs is 1. The Morgan fingerprint density at radius 3 is 2.27 bits per heavy atom. The molecule has 2 heterocycles. The second kappa shape index (κ2) is 8.38. The number of hydrogen-bond acceptors (Lipinski definition) is 4. The molecule has 8 heteroatoms. The molecule has 0 aliphatic carbocycles. The topological polar surface area (TPSA) is 78.4 Å². The first-order valence-electron chi connectivity index (χ1n) is 10.7. The minimum Gasteiger partial charge on any atom is -0.366 e. The fraction of sp³-hybridized carbons (Fsp3) is 0.160. The smallest absolute Gasteiger partial charge is 0.333 e. The third kappa shape index (κ3) is 3.80. The second-order valence-electron chi connectivity index (χ2n) is 7.90. The molecule has 0 unspecified atom stereocenters. The van der Waals surface area contributed by atoms with Crippen LogP contribution in [-0.4, -0.2) is 46.5 Å². The number of carbonyl (C=O) groups excluding carboxylic acids is 1. The summed E-state index contributed by atoms with van der Waals surface area (Å²) in [6.45, 7) is 1.91. The van der Waals surface area contributed by atoms with E-state index in [2.05, 4.69) is 4.98 Å². The summed E-state index contributed by atoms with van der Waals surface area (Å²) in [7, 11) is 0. The molecule has 0 spiro atoms. The van der Waals surface area contributed by atoms with Crippen LogP contribution in [0, 0.1) is 5.82 Å². The number of amides is 1. The number of piperazine rings is 1. The van der Waals surface area contributed by atoms with E-state index < -0.39 is 11.2 Å². The van der Waals surface area contributed by atoms with Gasteiger partial charge in [0.25, 0.3) is 11.5 Å². The molecule has 33 heavy (non-hydrogen) atoms. The van der Waals surface area contributed by atoms with Gasteiger partial charge in [-0.05, 0) is 42.5 Å². The van der Waals surface area contributed by atoms with Gasteiger partial charge in [0.2, 0.25) is 0 Å². The zero-order valence-electron chi connectivity index (χ0n) is 17.7. The van der Waals surface area contributed by atoms with Crippen molar-refractivity contribution in [3.05, 3.63) is 105 Å². The van der Waals surface area contributed by atoms with Crippen LogP contribution in [0.25, 0.3) is 16.6 Å². The van der Waals surface area contributed by atoms with Crippen molar-refractivity contribution in [2.45, 2.75) is 0 Å². The first kappa shape index (κ1) is 20.7. The van der Waals surface area contributed by atoms with Crippen molar-refractivity contribution in [2.75, 3.05) is 31.1 Å². The van der Waals surface area contributed by atoms with Crippen molar-refractivity contribution in [3.63, 3.8) is 0 Å². The number of H-pyrrole nitrogens is 1. The van der Waals surface area contributed by atoms with E-state index >= 15 is 0 Å². The van der Waals surface area contributed by atoms with Crippen molar-refractivity contribution in [2.24, 2.45) is 0 Å². The third-order valence-corrected chi connectivity index (χ3v) is 5.92. The second-order valence-corrected chi connectivity index (χ2v) is 7.90. The number of benzene rings is 3. The van der Waals surface area contributed by atoms with Crippen LogP contribution in [-0.2, 0) is 0 Å². The van der Waals surface area contributed by atoms with Crippen LogP contribution in [0.15, 0.2) is 82.4 Å². The predicted octanol–water partition coefficient (Wildman–Crippen LogP) is 2.78. The van der Waals surface area contributed by atoms with Gasteiger partial charge in [-0.1, -0.05) is 30.3 Å². The molecule has 3 aromatic carbocycles. The van der Waals surface area contributed by atoms with Crippen LogP contribution in [0.1, 0.15) is 10.4 Å². The van der Waals surface area contributed by atoms with Crippen molar-refractivity contribution >= 4 is 22.5 Å². The van der Waals surface area contributed by atoms with Gasteiger partial charge < -0.3 is 14.8 Å². The maximum Gasteiger partial charge on any atom is 0.333 e. The summed E-state index contributed by atoms with van der Waals surface area (Å²) in [5, 5.41) is 0.319. The maximum absolute atomic E-state index is 14.1. The molecular formula is C25H21FN4O3. The molecule has 0 radical (unpaired) electrons. The number of anilines is 1. The summed E-state index contributed by atoms with van der Waals surface area (Å²) < 4.78 is 15.1.